The van der Waals surface area contributed by atoms with Gasteiger partial charge in [-0.25, -0.2) is 4.98 Å². The SMILES string of the molecule is O=C(NC1CCN(Cc2ccccc2)CC1)c1cc2c([nH]c3ccccc32)c(-c2ccccc2Cl)n1. The van der Waals surface area contributed by atoms with Crippen LogP contribution in [0, 0.1) is 0 Å². The number of para-hydroxylation sites is 1. The third kappa shape index (κ3) is 4.48. The molecule has 2 aromatic heterocycles. The number of fused-ring (bicyclic) bond motifs is 3. The molecule has 1 aliphatic rings. The predicted octanol–water partition coefficient (Wildman–Crippen LogP) is 6.43. The van der Waals surface area contributed by atoms with E-state index in [1.807, 2.05) is 54.6 Å². The van der Waals surface area contributed by atoms with Crippen molar-refractivity contribution in [3.05, 3.63) is 101 Å². The second kappa shape index (κ2) is 9.76. The molecular weight excluding hydrogens is 468 g/mol. The first-order valence-corrected chi connectivity index (χ1v) is 12.8. The van der Waals surface area contributed by atoms with Gasteiger partial charge in [0, 0.05) is 47.5 Å². The minimum atomic E-state index is -0.142. The zero-order valence-corrected chi connectivity index (χ0v) is 20.6. The summed E-state index contributed by atoms with van der Waals surface area (Å²) in [6.07, 6.45) is 1.84. The maximum Gasteiger partial charge on any atom is 0.270 e. The van der Waals surface area contributed by atoms with Crippen LogP contribution in [-0.4, -0.2) is 39.9 Å². The van der Waals surface area contributed by atoms with Gasteiger partial charge in [-0.15, -0.1) is 0 Å². The van der Waals surface area contributed by atoms with Crippen LogP contribution in [0.2, 0.25) is 5.02 Å². The van der Waals surface area contributed by atoms with Crippen LogP contribution in [0.25, 0.3) is 33.1 Å². The monoisotopic (exact) mass is 494 g/mol. The van der Waals surface area contributed by atoms with Crippen molar-refractivity contribution < 1.29 is 4.79 Å². The van der Waals surface area contributed by atoms with E-state index < -0.39 is 0 Å². The molecule has 6 heteroatoms. The molecule has 1 fully saturated rings. The lowest BCUT2D eigenvalue weighted by Crippen LogP contribution is -2.44. The molecule has 3 aromatic carbocycles. The Hall–Kier alpha value is -3.67. The second-order valence-electron chi connectivity index (χ2n) is 9.44. The molecule has 2 N–H and O–H groups in total. The quantitative estimate of drug-likeness (QED) is 0.296. The van der Waals surface area contributed by atoms with Crippen LogP contribution >= 0.6 is 11.6 Å². The highest BCUT2D eigenvalue weighted by Gasteiger charge is 2.23. The van der Waals surface area contributed by atoms with Crippen LogP contribution in [0.1, 0.15) is 28.9 Å². The van der Waals surface area contributed by atoms with Crippen LogP contribution in [0.15, 0.2) is 84.9 Å². The molecule has 0 atom stereocenters. The van der Waals surface area contributed by atoms with Crippen LogP contribution in [0.5, 0.6) is 0 Å². The molecule has 0 radical (unpaired) electrons. The number of halogens is 1. The fraction of sp³-hybridized carbons (Fsp3) is 0.200. The smallest absolute Gasteiger partial charge is 0.270 e. The highest BCUT2D eigenvalue weighted by molar-refractivity contribution is 6.33. The molecular formula is C30H27ClN4O. The minimum absolute atomic E-state index is 0.133. The fourth-order valence-corrected chi connectivity index (χ4v) is 5.37. The number of aromatic nitrogens is 2. The third-order valence-corrected chi connectivity index (χ3v) is 7.36. The van der Waals surface area contributed by atoms with Gasteiger partial charge < -0.3 is 10.3 Å². The van der Waals surface area contributed by atoms with E-state index in [9.17, 15) is 4.79 Å². The molecule has 1 saturated heterocycles. The molecule has 3 heterocycles. The van der Waals surface area contributed by atoms with Gasteiger partial charge in [-0.3, -0.25) is 9.69 Å². The maximum absolute atomic E-state index is 13.4. The van der Waals surface area contributed by atoms with Crippen LogP contribution in [-0.2, 0) is 6.54 Å². The molecule has 0 spiro atoms. The Morgan fingerprint density at radius 3 is 2.47 bits per heavy atom. The Balaban J connectivity index is 1.26. The Bertz CT molecular complexity index is 1540. The number of likely N-dealkylation sites (tertiary alicyclic amines) is 1. The van der Waals surface area contributed by atoms with Gasteiger partial charge in [0.05, 0.1) is 16.2 Å². The summed E-state index contributed by atoms with van der Waals surface area (Å²) < 4.78 is 0. The fourth-order valence-electron chi connectivity index (χ4n) is 5.15. The van der Waals surface area contributed by atoms with Crippen LogP contribution < -0.4 is 5.32 Å². The number of piperidine rings is 1. The zero-order chi connectivity index (χ0) is 24.5. The molecule has 6 rings (SSSR count). The van der Waals surface area contributed by atoms with Crippen molar-refractivity contribution in [2.75, 3.05) is 13.1 Å². The third-order valence-electron chi connectivity index (χ3n) is 7.03. The van der Waals surface area contributed by atoms with E-state index in [-0.39, 0.29) is 11.9 Å². The standard InChI is InChI=1S/C30H27ClN4O/c31-25-12-6-4-11-23(25)28-29-24(22-10-5-7-13-26(22)33-29)18-27(34-28)30(36)32-21-14-16-35(17-15-21)19-20-8-2-1-3-9-20/h1-13,18,21,33H,14-17,19H2,(H,32,36). The Kier molecular flexibility index (Phi) is 6.18. The van der Waals surface area contributed by atoms with Crippen molar-refractivity contribution >= 4 is 39.3 Å². The number of rotatable bonds is 5. The van der Waals surface area contributed by atoms with Gasteiger partial charge in [-0.1, -0.05) is 78.3 Å². The highest BCUT2D eigenvalue weighted by atomic mass is 35.5. The first-order chi connectivity index (χ1) is 17.7. The normalized spacial score (nSPS) is 14.9. The number of carbonyl (C=O) groups excluding carboxylic acids is 1. The number of pyridine rings is 1. The van der Waals surface area contributed by atoms with Crippen molar-refractivity contribution in [1.29, 1.82) is 0 Å². The predicted molar refractivity (Wildman–Crippen MR) is 146 cm³/mol. The number of amides is 1. The Morgan fingerprint density at radius 2 is 1.67 bits per heavy atom. The number of H-pyrrole nitrogens is 1. The highest BCUT2D eigenvalue weighted by Crippen LogP contribution is 2.35. The van der Waals surface area contributed by atoms with Gasteiger partial charge in [0.25, 0.3) is 5.91 Å². The average molecular weight is 495 g/mol. The molecule has 0 saturated carbocycles. The van der Waals surface area contributed by atoms with Crippen molar-refractivity contribution in [2.24, 2.45) is 0 Å². The summed E-state index contributed by atoms with van der Waals surface area (Å²) in [6.45, 7) is 2.86. The minimum Gasteiger partial charge on any atom is -0.353 e. The topological polar surface area (TPSA) is 61.0 Å². The molecule has 1 aliphatic heterocycles. The van der Waals surface area contributed by atoms with E-state index in [2.05, 4.69) is 45.5 Å². The van der Waals surface area contributed by atoms with E-state index in [4.69, 9.17) is 16.6 Å². The average Bonchev–Trinajstić information content (AvgIpc) is 3.29. The summed E-state index contributed by atoms with van der Waals surface area (Å²) in [7, 11) is 0. The number of benzene rings is 3. The summed E-state index contributed by atoms with van der Waals surface area (Å²) in [5, 5.41) is 5.88. The number of nitrogens with zero attached hydrogens (tertiary/aromatic N) is 2. The van der Waals surface area contributed by atoms with E-state index in [0.29, 0.717) is 16.4 Å². The van der Waals surface area contributed by atoms with E-state index in [1.165, 1.54) is 5.56 Å². The summed E-state index contributed by atoms with van der Waals surface area (Å²) in [5.41, 5.74) is 5.12. The number of aromatic amines is 1. The molecule has 0 bridgehead atoms. The van der Waals surface area contributed by atoms with Crippen LogP contribution in [0.4, 0.5) is 0 Å². The zero-order valence-electron chi connectivity index (χ0n) is 19.9. The van der Waals surface area contributed by atoms with Crippen molar-refractivity contribution in [3.63, 3.8) is 0 Å². The summed E-state index contributed by atoms with van der Waals surface area (Å²) >= 11 is 6.56. The summed E-state index contributed by atoms with van der Waals surface area (Å²) in [5.74, 6) is -0.142. The van der Waals surface area contributed by atoms with Gasteiger partial charge in [-0.2, -0.15) is 0 Å². The van der Waals surface area contributed by atoms with Crippen molar-refractivity contribution in [1.82, 2.24) is 20.2 Å². The van der Waals surface area contributed by atoms with Gasteiger partial charge >= 0.3 is 0 Å². The van der Waals surface area contributed by atoms with Crippen LogP contribution in [0.3, 0.4) is 0 Å². The maximum atomic E-state index is 13.4. The number of carbonyl (C=O) groups is 1. The largest absolute Gasteiger partial charge is 0.353 e. The molecule has 180 valence electrons. The van der Waals surface area contributed by atoms with E-state index in [0.717, 1.165) is 59.8 Å². The molecule has 0 unspecified atom stereocenters. The van der Waals surface area contributed by atoms with Gasteiger partial charge in [0.15, 0.2) is 0 Å². The number of hydrogen-bond donors (Lipinski definition) is 2. The molecule has 0 aliphatic carbocycles. The first-order valence-electron chi connectivity index (χ1n) is 12.4. The molecule has 5 aromatic rings. The van der Waals surface area contributed by atoms with Gasteiger partial charge in [0.2, 0.25) is 0 Å². The first kappa shape index (κ1) is 22.8. The van der Waals surface area contributed by atoms with Crippen molar-refractivity contribution in [2.45, 2.75) is 25.4 Å². The molecule has 1 amide bonds. The lowest BCUT2D eigenvalue weighted by atomic mass is 10.0. The molecule has 36 heavy (non-hydrogen) atoms. The lowest BCUT2D eigenvalue weighted by Gasteiger charge is -2.32. The molecule has 5 nitrogen and oxygen atoms in total. The number of hydrogen-bond acceptors (Lipinski definition) is 3. The van der Waals surface area contributed by atoms with E-state index in [1.54, 1.807) is 0 Å². The van der Waals surface area contributed by atoms with Crippen molar-refractivity contribution in [3.8, 4) is 11.3 Å². The Labute approximate surface area is 215 Å². The summed E-state index contributed by atoms with van der Waals surface area (Å²) in [6, 6.07) is 28.3. The Morgan fingerprint density at radius 1 is 0.944 bits per heavy atom. The second-order valence-corrected chi connectivity index (χ2v) is 9.85. The summed E-state index contributed by atoms with van der Waals surface area (Å²) in [4.78, 5) is 24.2. The lowest BCUT2D eigenvalue weighted by molar-refractivity contribution is 0.0904. The number of nitrogens with one attached hydrogen (secondary N) is 2. The van der Waals surface area contributed by atoms with E-state index >= 15 is 0 Å². The van der Waals surface area contributed by atoms with Gasteiger partial charge in [0.1, 0.15) is 5.69 Å². The van der Waals surface area contributed by atoms with Gasteiger partial charge in [-0.05, 0) is 36.6 Å².